The molecule has 1 heterocycles. The molecule has 0 unspecified atom stereocenters. The number of amides is 2. The Labute approximate surface area is 322 Å². The zero-order valence-electron chi connectivity index (χ0n) is 31.4. The van der Waals surface area contributed by atoms with Crippen LogP contribution in [-0.4, -0.2) is 65.7 Å². The minimum atomic E-state index is -1.27. The topological polar surface area (TPSA) is 157 Å². The van der Waals surface area contributed by atoms with Gasteiger partial charge < -0.3 is 30.0 Å². The van der Waals surface area contributed by atoms with E-state index in [1.807, 2.05) is 32.9 Å². The number of alkyl halides is 1. The van der Waals surface area contributed by atoms with Gasteiger partial charge in [0.1, 0.15) is 18.8 Å². The molecule has 290 valence electrons. The fourth-order valence-electron chi connectivity index (χ4n) is 5.49. The van der Waals surface area contributed by atoms with E-state index >= 15 is 0 Å². The Bertz CT molecular complexity index is 1630. The van der Waals surface area contributed by atoms with Crippen molar-refractivity contribution >= 4 is 52.9 Å². The Balaban J connectivity index is 1.92. The number of halogens is 2. The second kappa shape index (κ2) is 19.9. The Kier molecular flexibility index (Phi) is 16.4. The monoisotopic (exact) mass is 774 g/mol. The summed E-state index contributed by atoms with van der Waals surface area (Å²) in [6, 6.07) is 11.3. The molecule has 3 N–H and O–H groups in total. The normalized spacial score (nSPS) is 22.4. The quantitative estimate of drug-likeness (QED) is 0.140. The molecule has 1 aliphatic heterocycles. The van der Waals surface area contributed by atoms with Crippen molar-refractivity contribution in [3.05, 3.63) is 81.9 Å². The zero-order chi connectivity index (χ0) is 39.5. The van der Waals surface area contributed by atoms with Gasteiger partial charge in [-0.15, -0.1) is 11.6 Å². The Morgan fingerprint density at radius 1 is 1.04 bits per heavy atom. The van der Waals surface area contributed by atoms with Crippen LogP contribution >= 0.6 is 23.2 Å². The number of aliphatic hydroxyl groups is 1. The minimum absolute atomic E-state index is 0.0129. The zero-order valence-corrected chi connectivity index (χ0v) is 33.0. The molecule has 3 rings (SSSR count). The number of aryl methyl sites for hydroxylation is 1. The van der Waals surface area contributed by atoms with Crippen molar-refractivity contribution in [2.75, 3.05) is 6.54 Å². The van der Waals surface area contributed by atoms with Crippen LogP contribution in [-0.2, 0) is 51.2 Å². The first-order valence-corrected chi connectivity index (χ1v) is 18.7. The molecule has 0 saturated heterocycles. The highest BCUT2D eigenvalue weighted by Crippen LogP contribution is 2.32. The van der Waals surface area contributed by atoms with Crippen molar-refractivity contribution in [3.63, 3.8) is 0 Å². The summed E-state index contributed by atoms with van der Waals surface area (Å²) in [5, 5.41) is 16.6. The maximum atomic E-state index is 13.7. The molecule has 0 aromatic heterocycles. The Morgan fingerprint density at radius 3 is 2.32 bits per heavy atom. The number of hydrogen-bond acceptors (Lipinski definition) is 9. The largest absolute Gasteiger partial charge is 0.461 e. The van der Waals surface area contributed by atoms with Gasteiger partial charge in [0.2, 0.25) is 11.8 Å². The molecule has 2 aromatic carbocycles. The predicted molar refractivity (Wildman–Crippen MR) is 202 cm³/mol. The minimum Gasteiger partial charge on any atom is -0.461 e. The maximum Gasteiger partial charge on any atom is 0.347 e. The summed E-state index contributed by atoms with van der Waals surface area (Å²) < 4.78 is 16.9. The molecule has 6 atom stereocenters. The van der Waals surface area contributed by atoms with Gasteiger partial charge in [0.25, 0.3) is 0 Å². The van der Waals surface area contributed by atoms with Gasteiger partial charge in [0.05, 0.1) is 16.9 Å². The first-order chi connectivity index (χ1) is 24.9. The number of cyclic esters (lactones) is 2. The van der Waals surface area contributed by atoms with E-state index in [0.717, 1.165) is 16.7 Å². The van der Waals surface area contributed by atoms with E-state index in [2.05, 4.69) is 10.6 Å². The summed E-state index contributed by atoms with van der Waals surface area (Å²) in [5.41, 5.74) is 1.65. The molecule has 13 heteroatoms. The molecule has 1 aliphatic rings. The van der Waals surface area contributed by atoms with Crippen molar-refractivity contribution in [1.82, 2.24) is 10.6 Å². The number of carbonyl (C=O) groups excluding carboxylic acids is 5. The van der Waals surface area contributed by atoms with E-state index in [4.69, 9.17) is 37.4 Å². The number of rotatable bonds is 11. The van der Waals surface area contributed by atoms with Crippen molar-refractivity contribution in [1.29, 1.82) is 0 Å². The Hall–Kier alpha value is -3.93. The summed E-state index contributed by atoms with van der Waals surface area (Å²) in [6.45, 7) is 12.1. The third kappa shape index (κ3) is 13.2. The Morgan fingerprint density at radius 2 is 1.70 bits per heavy atom. The smallest absolute Gasteiger partial charge is 0.347 e. The average Bonchev–Trinajstić information content (AvgIpc) is 3.11. The van der Waals surface area contributed by atoms with E-state index in [1.165, 1.54) is 12.2 Å². The number of hydrogen-bond donors (Lipinski definition) is 3. The first kappa shape index (κ1) is 43.5. The highest BCUT2D eigenvalue weighted by atomic mass is 35.5. The van der Waals surface area contributed by atoms with Gasteiger partial charge in [0, 0.05) is 36.7 Å². The van der Waals surface area contributed by atoms with E-state index in [-0.39, 0.29) is 50.7 Å². The highest BCUT2D eigenvalue weighted by molar-refractivity contribution is 6.31. The summed E-state index contributed by atoms with van der Waals surface area (Å²) in [7, 11) is 0. The molecule has 53 heavy (non-hydrogen) atoms. The van der Waals surface area contributed by atoms with Crippen molar-refractivity contribution in [2.24, 2.45) is 17.3 Å². The van der Waals surface area contributed by atoms with Crippen molar-refractivity contribution < 1.29 is 43.3 Å². The predicted octanol–water partition coefficient (Wildman–Crippen LogP) is 6.08. The van der Waals surface area contributed by atoms with Gasteiger partial charge in [-0.1, -0.05) is 81.8 Å². The molecule has 2 amide bonds. The van der Waals surface area contributed by atoms with Crippen LogP contribution < -0.4 is 10.6 Å². The lowest BCUT2D eigenvalue weighted by Crippen LogP contribution is -2.51. The van der Waals surface area contributed by atoms with Crippen LogP contribution in [0, 0.1) is 24.2 Å². The molecular formula is C40H52Cl2N2O9. The number of nitrogens with one attached hydrogen (secondary N) is 2. The standard InChI is InChI=1S/C40H52Cl2N2O9/c1-8-34(46)51-21-26-14-16-28(17-15-26)35(42)36(47)25(5)31-10-9-11-33(45)44-30(20-27-13-12-24(4)29(41)19-27)37(48)43-22-40(6,7)39(50)53-32(18-23(2)3)38(49)52-31/h9,11-17,19,23,25,30-32,35-36,47H,8,10,18,20-22H2,1-7H3,(H,43,48)(H,44,45)/b11-9+/t25-,30+,31-,32-,35-,36+/m0/s1. The number of esters is 3. The van der Waals surface area contributed by atoms with Crippen LogP contribution in [0.5, 0.6) is 0 Å². The third-order valence-electron chi connectivity index (χ3n) is 9.08. The first-order valence-electron chi connectivity index (χ1n) is 17.9. The molecule has 0 fully saturated rings. The van der Waals surface area contributed by atoms with Gasteiger partial charge in [-0.3, -0.25) is 19.2 Å². The van der Waals surface area contributed by atoms with Crippen LogP contribution in [0.1, 0.15) is 88.4 Å². The van der Waals surface area contributed by atoms with Crippen molar-refractivity contribution in [2.45, 2.75) is 110 Å². The summed E-state index contributed by atoms with van der Waals surface area (Å²) in [5.74, 6) is -3.79. The summed E-state index contributed by atoms with van der Waals surface area (Å²) >= 11 is 13.1. The molecule has 2 aromatic rings. The third-order valence-corrected chi connectivity index (χ3v) is 10.00. The lowest BCUT2D eigenvalue weighted by Gasteiger charge is -2.32. The van der Waals surface area contributed by atoms with E-state index in [1.54, 1.807) is 58.0 Å². The number of benzene rings is 2. The molecule has 11 nitrogen and oxygen atoms in total. The lowest BCUT2D eigenvalue weighted by atomic mass is 9.90. The fraction of sp³-hybridized carbons (Fsp3) is 0.525. The summed E-state index contributed by atoms with van der Waals surface area (Å²) in [6.07, 6.45) is -0.243. The molecule has 0 radical (unpaired) electrons. The van der Waals surface area contributed by atoms with Gasteiger partial charge in [-0.2, -0.15) is 0 Å². The second-order valence-electron chi connectivity index (χ2n) is 14.6. The fourth-order valence-corrected chi connectivity index (χ4v) is 6.07. The molecule has 0 saturated carbocycles. The van der Waals surface area contributed by atoms with Gasteiger partial charge in [-0.05, 0) is 67.5 Å². The number of carbonyl (C=O) groups is 5. The van der Waals surface area contributed by atoms with Gasteiger partial charge >= 0.3 is 17.9 Å². The van der Waals surface area contributed by atoms with E-state index in [9.17, 15) is 29.1 Å². The van der Waals surface area contributed by atoms with Crippen LogP contribution in [0.2, 0.25) is 5.02 Å². The van der Waals surface area contributed by atoms with Crippen LogP contribution in [0.25, 0.3) is 0 Å². The summed E-state index contributed by atoms with van der Waals surface area (Å²) in [4.78, 5) is 65.4. The van der Waals surface area contributed by atoms with Crippen LogP contribution in [0.4, 0.5) is 0 Å². The molecule has 0 spiro atoms. The van der Waals surface area contributed by atoms with Crippen molar-refractivity contribution in [3.8, 4) is 0 Å². The highest BCUT2D eigenvalue weighted by Gasteiger charge is 2.38. The van der Waals surface area contributed by atoms with Gasteiger partial charge in [-0.25, -0.2) is 4.79 Å². The molecule has 0 aliphatic carbocycles. The SMILES string of the molecule is CCC(=O)OCc1ccc([C@H](Cl)[C@H](O)[C@@H](C)[C@@H]2C/C=C/C(=O)N[C@H](Cc3ccc(C)c(Cl)c3)C(=O)NCC(C)(C)C(=O)O[C@@H](CC(C)C)C(=O)O2)cc1. The van der Waals surface area contributed by atoms with E-state index in [0.29, 0.717) is 10.6 Å². The lowest BCUT2D eigenvalue weighted by molar-refractivity contribution is -0.180. The maximum absolute atomic E-state index is 13.7. The molecule has 0 bridgehead atoms. The molecular weight excluding hydrogens is 723 g/mol. The van der Waals surface area contributed by atoms with Gasteiger partial charge in [0.15, 0.2) is 6.10 Å². The second-order valence-corrected chi connectivity index (χ2v) is 15.5. The number of aliphatic hydroxyl groups excluding tert-OH is 1. The van der Waals surface area contributed by atoms with Crippen LogP contribution in [0.3, 0.4) is 0 Å². The van der Waals surface area contributed by atoms with E-state index < -0.39 is 64.8 Å². The van der Waals surface area contributed by atoms with Crippen LogP contribution in [0.15, 0.2) is 54.6 Å². The number of ether oxygens (including phenoxy) is 3. The average molecular weight is 776 g/mol.